The molecular weight excluding hydrogens is 294 g/mol. The van der Waals surface area contributed by atoms with Gasteiger partial charge >= 0.3 is 0 Å². The van der Waals surface area contributed by atoms with Crippen molar-refractivity contribution in [2.45, 2.75) is 25.3 Å². The zero-order valence-corrected chi connectivity index (χ0v) is 12.7. The SMILES string of the molecule is Cn1nc2c(cc1=O)CC(N1C(=O)c3ccccc3C1=O)CC2. The third-order valence-electron chi connectivity index (χ3n) is 4.62. The van der Waals surface area contributed by atoms with Gasteiger partial charge in [-0.3, -0.25) is 19.3 Å². The standard InChI is InChI=1S/C17H15N3O3/c1-19-15(21)9-10-8-11(6-7-14(10)18-19)20-16(22)12-4-2-3-5-13(12)17(20)23/h2-5,9,11H,6-8H2,1H3. The van der Waals surface area contributed by atoms with Crippen molar-refractivity contribution < 1.29 is 9.59 Å². The fourth-order valence-electron chi connectivity index (χ4n) is 3.43. The van der Waals surface area contributed by atoms with Gasteiger partial charge in [-0.2, -0.15) is 5.10 Å². The van der Waals surface area contributed by atoms with Crippen LogP contribution in [0.25, 0.3) is 0 Å². The maximum absolute atomic E-state index is 12.6. The molecule has 1 unspecified atom stereocenters. The highest BCUT2D eigenvalue weighted by atomic mass is 16.2. The number of amides is 2. The third-order valence-corrected chi connectivity index (χ3v) is 4.62. The van der Waals surface area contributed by atoms with Crippen LogP contribution in [0, 0.1) is 0 Å². The summed E-state index contributed by atoms with van der Waals surface area (Å²) in [4.78, 5) is 38.3. The Kier molecular flexibility index (Phi) is 2.94. The van der Waals surface area contributed by atoms with Gasteiger partial charge < -0.3 is 0 Å². The molecule has 0 fully saturated rings. The van der Waals surface area contributed by atoms with Crippen molar-refractivity contribution in [3.8, 4) is 0 Å². The number of hydrogen-bond acceptors (Lipinski definition) is 4. The Bertz CT molecular complexity index is 865. The lowest BCUT2D eigenvalue weighted by molar-refractivity contribution is 0.0570. The number of carbonyl (C=O) groups excluding carboxylic acids is 2. The molecule has 2 amide bonds. The van der Waals surface area contributed by atoms with Gasteiger partial charge in [0.05, 0.1) is 16.8 Å². The van der Waals surface area contributed by atoms with E-state index in [1.807, 2.05) is 0 Å². The van der Waals surface area contributed by atoms with Gasteiger partial charge in [-0.05, 0) is 37.0 Å². The fraction of sp³-hybridized carbons (Fsp3) is 0.294. The first-order chi connectivity index (χ1) is 11.1. The summed E-state index contributed by atoms with van der Waals surface area (Å²) in [5, 5.41) is 4.27. The zero-order chi connectivity index (χ0) is 16.1. The number of benzene rings is 1. The lowest BCUT2D eigenvalue weighted by Crippen LogP contribution is -2.43. The van der Waals surface area contributed by atoms with Gasteiger partial charge in [0, 0.05) is 19.2 Å². The number of imide groups is 1. The van der Waals surface area contributed by atoms with Crippen molar-refractivity contribution >= 4 is 11.8 Å². The lowest BCUT2D eigenvalue weighted by atomic mass is 9.91. The zero-order valence-electron chi connectivity index (χ0n) is 12.7. The summed E-state index contributed by atoms with van der Waals surface area (Å²) in [5.41, 5.74) is 2.46. The first kappa shape index (κ1) is 13.9. The number of carbonyl (C=O) groups is 2. The van der Waals surface area contributed by atoms with Gasteiger partial charge in [-0.1, -0.05) is 12.1 Å². The highest BCUT2D eigenvalue weighted by Crippen LogP contribution is 2.30. The van der Waals surface area contributed by atoms with Gasteiger partial charge in [-0.15, -0.1) is 0 Å². The van der Waals surface area contributed by atoms with Crippen molar-refractivity contribution in [1.82, 2.24) is 14.7 Å². The minimum atomic E-state index is -0.240. The predicted molar refractivity (Wildman–Crippen MR) is 82.2 cm³/mol. The summed E-state index contributed by atoms with van der Waals surface area (Å²) in [6.07, 6.45) is 1.81. The van der Waals surface area contributed by atoms with Gasteiger partial charge in [0.25, 0.3) is 17.4 Å². The first-order valence-corrected chi connectivity index (χ1v) is 7.59. The highest BCUT2D eigenvalue weighted by Gasteiger charge is 2.40. The number of aryl methyl sites for hydroxylation is 2. The van der Waals surface area contributed by atoms with Crippen LogP contribution in [0.2, 0.25) is 0 Å². The van der Waals surface area contributed by atoms with E-state index < -0.39 is 0 Å². The average Bonchev–Trinajstić information content (AvgIpc) is 2.80. The van der Waals surface area contributed by atoms with Gasteiger partial charge in [0.15, 0.2) is 0 Å². The van der Waals surface area contributed by atoms with Gasteiger partial charge in [0.1, 0.15) is 0 Å². The second kappa shape index (κ2) is 4.87. The Hall–Kier alpha value is -2.76. The molecule has 116 valence electrons. The molecule has 0 spiro atoms. The lowest BCUT2D eigenvalue weighted by Gasteiger charge is -2.30. The van der Waals surface area contributed by atoms with Crippen LogP contribution in [0.1, 0.15) is 38.4 Å². The van der Waals surface area contributed by atoms with Crippen LogP contribution in [-0.4, -0.2) is 32.5 Å². The molecule has 1 aromatic heterocycles. The first-order valence-electron chi connectivity index (χ1n) is 7.59. The molecule has 1 aliphatic carbocycles. The van der Waals surface area contributed by atoms with Crippen LogP contribution < -0.4 is 5.56 Å². The number of nitrogens with zero attached hydrogens (tertiary/aromatic N) is 3. The van der Waals surface area contributed by atoms with E-state index in [1.54, 1.807) is 37.4 Å². The monoisotopic (exact) mass is 309 g/mol. The molecule has 23 heavy (non-hydrogen) atoms. The molecule has 6 nitrogen and oxygen atoms in total. The molecule has 6 heteroatoms. The van der Waals surface area contributed by atoms with E-state index in [0.29, 0.717) is 30.4 Å². The van der Waals surface area contributed by atoms with E-state index in [1.165, 1.54) is 9.58 Å². The molecule has 1 aliphatic heterocycles. The summed E-state index contributed by atoms with van der Waals surface area (Å²) in [6.45, 7) is 0. The third kappa shape index (κ3) is 2.02. The summed E-state index contributed by atoms with van der Waals surface area (Å²) in [6, 6.07) is 8.23. The summed E-state index contributed by atoms with van der Waals surface area (Å²) >= 11 is 0. The molecular formula is C17H15N3O3. The number of fused-ring (bicyclic) bond motifs is 2. The Labute approximate surface area is 132 Å². The molecule has 2 heterocycles. The smallest absolute Gasteiger partial charge is 0.266 e. The molecule has 2 aromatic rings. The minimum absolute atomic E-state index is 0.174. The molecule has 0 bridgehead atoms. The number of rotatable bonds is 1. The van der Waals surface area contributed by atoms with Gasteiger partial charge in [-0.25, -0.2) is 4.68 Å². The maximum atomic E-state index is 12.6. The molecule has 0 saturated heterocycles. The Balaban J connectivity index is 1.68. The maximum Gasteiger partial charge on any atom is 0.266 e. The van der Waals surface area contributed by atoms with Crippen LogP contribution >= 0.6 is 0 Å². The Morgan fingerprint density at radius 2 is 1.74 bits per heavy atom. The Morgan fingerprint density at radius 1 is 1.09 bits per heavy atom. The summed E-state index contributed by atoms with van der Waals surface area (Å²) in [5.74, 6) is -0.480. The van der Waals surface area contributed by atoms with E-state index in [0.717, 1.165) is 11.3 Å². The summed E-state index contributed by atoms with van der Waals surface area (Å²) < 4.78 is 1.32. The van der Waals surface area contributed by atoms with E-state index in [9.17, 15) is 14.4 Å². The van der Waals surface area contributed by atoms with Crippen molar-refractivity contribution in [2.75, 3.05) is 0 Å². The summed E-state index contributed by atoms with van der Waals surface area (Å²) in [7, 11) is 1.62. The topological polar surface area (TPSA) is 72.3 Å². The quantitative estimate of drug-likeness (QED) is 0.735. The average molecular weight is 309 g/mol. The molecule has 0 saturated carbocycles. The van der Waals surface area contributed by atoms with Crippen LogP contribution in [0.3, 0.4) is 0 Å². The fourth-order valence-corrected chi connectivity index (χ4v) is 3.43. The second-order valence-electron chi connectivity index (χ2n) is 6.00. The van der Waals surface area contributed by atoms with E-state index >= 15 is 0 Å². The highest BCUT2D eigenvalue weighted by molar-refractivity contribution is 6.21. The number of aromatic nitrogens is 2. The molecule has 0 radical (unpaired) electrons. The van der Waals surface area contributed by atoms with Crippen LogP contribution in [0.15, 0.2) is 35.1 Å². The van der Waals surface area contributed by atoms with Crippen molar-refractivity contribution in [2.24, 2.45) is 7.05 Å². The molecule has 2 aliphatic rings. The van der Waals surface area contributed by atoms with E-state index in [2.05, 4.69) is 5.10 Å². The largest absolute Gasteiger partial charge is 0.271 e. The molecule has 1 aromatic carbocycles. The van der Waals surface area contributed by atoms with Crippen molar-refractivity contribution in [3.05, 3.63) is 63.1 Å². The molecule has 1 atom stereocenters. The molecule has 4 rings (SSSR count). The normalized spacial score (nSPS) is 19.7. The van der Waals surface area contributed by atoms with Gasteiger partial charge in [0.2, 0.25) is 0 Å². The van der Waals surface area contributed by atoms with Crippen LogP contribution in [0.4, 0.5) is 0 Å². The van der Waals surface area contributed by atoms with Crippen LogP contribution in [-0.2, 0) is 19.9 Å². The second-order valence-corrected chi connectivity index (χ2v) is 6.00. The Morgan fingerprint density at radius 3 is 2.39 bits per heavy atom. The number of hydrogen-bond donors (Lipinski definition) is 0. The minimum Gasteiger partial charge on any atom is -0.271 e. The van der Waals surface area contributed by atoms with E-state index in [4.69, 9.17) is 0 Å². The van der Waals surface area contributed by atoms with E-state index in [-0.39, 0.29) is 23.4 Å². The van der Waals surface area contributed by atoms with Crippen molar-refractivity contribution in [1.29, 1.82) is 0 Å². The van der Waals surface area contributed by atoms with Crippen molar-refractivity contribution in [3.63, 3.8) is 0 Å². The predicted octanol–water partition coefficient (Wildman–Crippen LogP) is 0.934. The molecule has 0 N–H and O–H groups in total. The van der Waals surface area contributed by atoms with Crippen LogP contribution in [0.5, 0.6) is 0 Å².